The molecular formula is C22H22N6O. The molecule has 5 heterocycles. The maximum atomic E-state index is 5.54. The van der Waals surface area contributed by atoms with Crippen molar-refractivity contribution in [3.8, 4) is 22.5 Å². The summed E-state index contributed by atoms with van der Waals surface area (Å²) in [6.07, 6.45) is 5.47. The molecule has 1 saturated heterocycles. The molecule has 0 aliphatic carbocycles. The molecule has 0 aromatic carbocycles. The van der Waals surface area contributed by atoms with Crippen LogP contribution in [-0.2, 0) is 4.74 Å². The summed E-state index contributed by atoms with van der Waals surface area (Å²) in [7, 11) is 0. The number of H-pyrrole nitrogens is 1. The number of aromatic nitrogens is 5. The van der Waals surface area contributed by atoms with Gasteiger partial charge in [0, 0.05) is 48.3 Å². The van der Waals surface area contributed by atoms with E-state index in [4.69, 9.17) is 9.72 Å². The van der Waals surface area contributed by atoms with Crippen LogP contribution in [0.5, 0.6) is 0 Å². The average Bonchev–Trinajstić information content (AvgIpc) is 3.29. The summed E-state index contributed by atoms with van der Waals surface area (Å²) in [6.45, 7) is 7.18. The standard InChI is InChI=1S/C22H22N6O/c1-14-11-17(15(2)24-13-14)18-12-20(28-7-9-29-10-8-28)26-21-16(18)3-5-23-22(21)19-4-6-25-27-19/h3-6,11-13H,7-10H2,1-2H3,(H,25,27). The number of pyridine rings is 3. The van der Waals surface area contributed by atoms with Crippen molar-refractivity contribution >= 4 is 16.7 Å². The highest BCUT2D eigenvalue weighted by Gasteiger charge is 2.19. The van der Waals surface area contributed by atoms with Crippen LogP contribution < -0.4 is 4.90 Å². The van der Waals surface area contributed by atoms with Crippen LogP contribution in [0.4, 0.5) is 5.82 Å². The van der Waals surface area contributed by atoms with Gasteiger partial charge in [-0.15, -0.1) is 0 Å². The zero-order valence-corrected chi connectivity index (χ0v) is 16.5. The normalized spacial score (nSPS) is 14.5. The van der Waals surface area contributed by atoms with Crippen molar-refractivity contribution in [2.24, 2.45) is 0 Å². The van der Waals surface area contributed by atoms with Gasteiger partial charge in [0.2, 0.25) is 0 Å². The number of anilines is 1. The largest absolute Gasteiger partial charge is 0.378 e. The van der Waals surface area contributed by atoms with Crippen LogP contribution in [0.25, 0.3) is 33.4 Å². The molecule has 0 atom stereocenters. The lowest BCUT2D eigenvalue weighted by molar-refractivity contribution is 0.122. The minimum Gasteiger partial charge on any atom is -0.378 e. The monoisotopic (exact) mass is 386 g/mol. The molecule has 0 spiro atoms. The highest BCUT2D eigenvalue weighted by Crippen LogP contribution is 2.36. The van der Waals surface area contributed by atoms with Gasteiger partial charge in [0.25, 0.3) is 0 Å². The van der Waals surface area contributed by atoms with E-state index >= 15 is 0 Å². The zero-order valence-electron chi connectivity index (χ0n) is 16.5. The first kappa shape index (κ1) is 17.8. The predicted octanol–water partition coefficient (Wildman–Crippen LogP) is 3.54. The topological polar surface area (TPSA) is 79.8 Å². The van der Waals surface area contributed by atoms with E-state index in [2.05, 4.69) is 44.1 Å². The summed E-state index contributed by atoms with van der Waals surface area (Å²) in [6, 6.07) is 8.32. The van der Waals surface area contributed by atoms with Crippen LogP contribution in [0, 0.1) is 13.8 Å². The molecule has 4 aromatic heterocycles. The fraction of sp³-hybridized carbons (Fsp3) is 0.273. The molecule has 1 fully saturated rings. The molecule has 0 radical (unpaired) electrons. The third-order valence-corrected chi connectivity index (χ3v) is 5.32. The molecule has 0 saturated carbocycles. The van der Waals surface area contributed by atoms with Crippen molar-refractivity contribution in [1.82, 2.24) is 25.1 Å². The van der Waals surface area contributed by atoms with Crippen molar-refractivity contribution in [3.05, 3.63) is 54.1 Å². The van der Waals surface area contributed by atoms with Gasteiger partial charge >= 0.3 is 0 Å². The number of nitrogens with one attached hydrogen (secondary N) is 1. The van der Waals surface area contributed by atoms with Gasteiger partial charge in [-0.25, -0.2) is 4.98 Å². The number of fused-ring (bicyclic) bond motifs is 1. The first-order chi connectivity index (χ1) is 14.2. The van der Waals surface area contributed by atoms with E-state index in [1.165, 1.54) is 0 Å². The van der Waals surface area contributed by atoms with Crippen LogP contribution in [0.3, 0.4) is 0 Å². The number of hydrogen-bond donors (Lipinski definition) is 1. The maximum Gasteiger partial charge on any atom is 0.130 e. The molecule has 7 heteroatoms. The number of aromatic amines is 1. The summed E-state index contributed by atoms with van der Waals surface area (Å²) >= 11 is 0. The Bertz CT molecular complexity index is 1170. The molecule has 4 aromatic rings. The second-order valence-electron chi connectivity index (χ2n) is 7.30. The smallest absolute Gasteiger partial charge is 0.130 e. The lowest BCUT2D eigenvalue weighted by Gasteiger charge is -2.28. The molecule has 0 amide bonds. The highest BCUT2D eigenvalue weighted by molar-refractivity contribution is 6.01. The molecule has 146 valence electrons. The Morgan fingerprint density at radius 3 is 2.66 bits per heavy atom. The third kappa shape index (κ3) is 3.23. The summed E-state index contributed by atoms with van der Waals surface area (Å²) in [5.41, 5.74) is 6.88. The molecule has 29 heavy (non-hydrogen) atoms. The molecule has 1 aliphatic rings. The Labute approximate surface area is 168 Å². The lowest BCUT2D eigenvalue weighted by Crippen LogP contribution is -2.36. The molecule has 1 aliphatic heterocycles. The van der Waals surface area contributed by atoms with Gasteiger partial charge in [0.15, 0.2) is 0 Å². The Balaban J connectivity index is 1.80. The Morgan fingerprint density at radius 2 is 1.86 bits per heavy atom. The molecule has 5 rings (SSSR count). The summed E-state index contributed by atoms with van der Waals surface area (Å²) in [5.74, 6) is 0.936. The van der Waals surface area contributed by atoms with Crippen molar-refractivity contribution in [2.75, 3.05) is 31.2 Å². The van der Waals surface area contributed by atoms with Gasteiger partial charge in [0.1, 0.15) is 17.0 Å². The van der Waals surface area contributed by atoms with E-state index in [9.17, 15) is 0 Å². The zero-order chi connectivity index (χ0) is 19.8. The summed E-state index contributed by atoms with van der Waals surface area (Å²) in [4.78, 5) is 16.5. The fourth-order valence-electron chi connectivity index (χ4n) is 3.81. The highest BCUT2D eigenvalue weighted by atomic mass is 16.5. The number of rotatable bonds is 3. The first-order valence-electron chi connectivity index (χ1n) is 9.76. The minimum absolute atomic E-state index is 0.709. The number of nitrogens with zero attached hydrogens (tertiary/aromatic N) is 5. The third-order valence-electron chi connectivity index (χ3n) is 5.32. The number of hydrogen-bond acceptors (Lipinski definition) is 6. The van der Waals surface area contributed by atoms with Crippen molar-refractivity contribution in [1.29, 1.82) is 0 Å². The van der Waals surface area contributed by atoms with Gasteiger partial charge in [-0.05, 0) is 49.2 Å². The van der Waals surface area contributed by atoms with Crippen LogP contribution in [0.15, 0.2) is 42.9 Å². The Morgan fingerprint density at radius 1 is 1.00 bits per heavy atom. The second kappa shape index (κ2) is 7.25. The SMILES string of the molecule is Cc1cnc(C)c(-c2cc(N3CCOCC3)nc3c(-c4ccn[nH]4)nccc23)c1. The van der Waals surface area contributed by atoms with Crippen LogP contribution >= 0.6 is 0 Å². The van der Waals surface area contributed by atoms with Crippen LogP contribution in [-0.4, -0.2) is 51.5 Å². The van der Waals surface area contributed by atoms with Gasteiger partial charge in [-0.3, -0.25) is 15.1 Å². The van der Waals surface area contributed by atoms with Gasteiger partial charge in [-0.1, -0.05) is 0 Å². The van der Waals surface area contributed by atoms with Gasteiger partial charge < -0.3 is 9.64 Å². The minimum atomic E-state index is 0.709. The van der Waals surface area contributed by atoms with E-state index in [0.717, 1.165) is 63.6 Å². The van der Waals surface area contributed by atoms with E-state index in [1.807, 2.05) is 31.5 Å². The van der Waals surface area contributed by atoms with E-state index in [0.29, 0.717) is 13.2 Å². The molecule has 0 unspecified atom stereocenters. The second-order valence-corrected chi connectivity index (χ2v) is 7.30. The summed E-state index contributed by atoms with van der Waals surface area (Å²) < 4.78 is 5.54. The fourth-order valence-corrected chi connectivity index (χ4v) is 3.81. The van der Waals surface area contributed by atoms with Crippen molar-refractivity contribution in [2.45, 2.75) is 13.8 Å². The number of aryl methyl sites for hydroxylation is 2. The Kier molecular flexibility index (Phi) is 4.44. The van der Waals surface area contributed by atoms with E-state index in [-0.39, 0.29) is 0 Å². The molecule has 1 N–H and O–H groups in total. The summed E-state index contributed by atoms with van der Waals surface area (Å²) in [5, 5.41) is 8.17. The van der Waals surface area contributed by atoms with E-state index in [1.54, 1.807) is 6.20 Å². The van der Waals surface area contributed by atoms with Gasteiger partial charge in [0.05, 0.1) is 18.9 Å². The molecule has 0 bridgehead atoms. The average molecular weight is 386 g/mol. The quantitative estimate of drug-likeness (QED) is 0.580. The number of ether oxygens (including phenoxy) is 1. The maximum absolute atomic E-state index is 5.54. The van der Waals surface area contributed by atoms with Gasteiger partial charge in [-0.2, -0.15) is 5.10 Å². The first-order valence-corrected chi connectivity index (χ1v) is 9.76. The van der Waals surface area contributed by atoms with Crippen LogP contribution in [0.1, 0.15) is 11.3 Å². The molecule has 7 nitrogen and oxygen atoms in total. The molecular weight excluding hydrogens is 364 g/mol. The van der Waals surface area contributed by atoms with Crippen molar-refractivity contribution < 1.29 is 4.74 Å². The van der Waals surface area contributed by atoms with Crippen LogP contribution in [0.2, 0.25) is 0 Å². The van der Waals surface area contributed by atoms with E-state index < -0.39 is 0 Å². The number of morpholine rings is 1. The lowest BCUT2D eigenvalue weighted by atomic mass is 9.98. The predicted molar refractivity (Wildman–Crippen MR) is 113 cm³/mol. The Hall–Kier alpha value is -3.32. The van der Waals surface area contributed by atoms with Crippen molar-refractivity contribution in [3.63, 3.8) is 0 Å².